The summed E-state index contributed by atoms with van der Waals surface area (Å²) in [5, 5.41) is 9.36. The van der Waals surface area contributed by atoms with Gasteiger partial charge < -0.3 is 9.84 Å². The number of hydrogen-bond donors (Lipinski definition) is 1. The van der Waals surface area contributed by atoms with Crippen molar-refractivity contribution in [3.8, 4) is 11.5 Å². The van der Waals surface area contributed by atoms with Gasteiger partial charge in [0.25, 0.3) is 0 Å². The van der Waals surface area contributed by atoms with E-state index in [1.807, 2.05) is 18.2 Å². The molecule has 1 atom stereocenters. The van der Waals surface area contributed by atoms with Crippen LogP contribution in [0.1, 0.15) is 18.7 Å². The van der Waals surface area contributed by atoms with E-state index in [9.17, 15) is 5.11 Å². The van der Waals surface area contributed by atoms with Crippen LogP contribution in [0.2, 0.25) is 0 Å². The Morgan fingerprint density at radius 3 is 2.56 bits per heavy atom. The lowest BCUT2D eigenvalue weighted by atomic mass is 10.2. The van der Waals surface area contributed by atoms with Crippen molar-refractivity contribution in [3.05, 3.63) is 51.2 Å². The minimum absolute atomic E-state index is 0.571. The number of pyridine rings is 1. The van der Waals surface area contributed by atoms with Crippen LogP contribution < -0.4 is 4.74 Å². The third-order valence-corrected chi connectivity index (χ3v) is 3.42. The highest BCUT2D eigenvalue weighted by Gasteiger charge is 2.05. The van der Waals surface area contributed by atoms with Gasteiger partial charge in [-0.3, -0.25) is 4.98 Å². The molecule has 1 aromatic carbocycles. The lowest BCUT2D eigenvalue weighted by Crippen LogP contribution is -1.95. The van der Waals surface area contributed by atoms with Gasteiger partial charge in [0.2, 0.25) is 0 Å². The normalized spacial score (nSPS) is 12.2. The molecule has 1 aromatic heterocycles. The van der Waals surface area contributed by atoms with Gasteiger partial charge in [-0.2, -0.15) is 0 Å². The van der Waals surface area contributed by atoms with Crippen molar-refractivity contribution in [1.82, 2.24) is 4.98 Å². The third-order valence-electron chi connectivity index (χ3n) is 2.31. The summed E-state index contributed by atoms with van der Waals surface area (Å²) in [6, 6.07) is 9.19. The summed E-state index contributed by atoms with van der Waals surface area (Å²) >= 11 is 6.81. The van der Waals surface area contributed by atoms with Crippen LogP contribution in [0, 0.1) is 0 Å². The highest BCUT2D eigenvalue weighted by atomic mass is 79.9. The summed E-state index contributed by atoms with van der Waals surface area (Å²) in [6.07, 6.45) is 1.02. The van der Waals surface area contributed by atoms with E-state index in [4.69, 9.17) is 4.74 Å². The summed E-state index contributed by atoms with van der Waals surface area (Å²) in [7, 11) is 0. The number of aromatic nitrogens is 1. The molecule has 18 heavy (non-hydrogen) atoms. The maximum Gasteiger partial charge on any atom is 0.145 e. The van der Waals surface area contributed by atoms with Crippen molar-refractivity contribution in [2.24, 2.45) is 0 Å². The summed E-state index contributed by atoms with van der Waals surface area (Å²) in [5.74, 6) is 1.34. The fourth-order valence-corrected chi connectivity index (χ4v) is 2.51. The number of benzene rings is 1. The van der Waals surface area contributed by atoms with Crippen molar-refractivity contribution in [2.75, 3.05) is 0 Å². The van der Waals surface area contributed by atoms with Crippen molar-refractivity contribution in [3.63, 3.8) is 0 Å². The molecule has 0 aliphatic heterocycles. The maximum atomic E-state index is 9.36. The molecule has 2 aromatic rings. The quantitative estimate of drug-likeness (QED) is 0.865. The molecule has 0 fully saturated rings. The summed E-state index contributed by atoms with van der Waals surface area (Å²) in [5.41, 5.74) is 0.622. The largest absolute Gasteiger partial charge is 0.455 e. The molecule has 0 radical (unpaired) electrons. The average Bonchev–Trinajstić information content (AvgIpc) is 2.33. The standard InChI is InChI=1S/C13H11Br2NO2/c1-8(17)12-4-3-10(7-16-12)18-13-5-2-9(14)6-11(13)15/h2-8,17H,1H3/t8-/m0/s1. The first-order valence-electron chi connectivity index (χ1n) is 5.33. The number of rotatable bonds is 3. The van der Waals surface area contributed by atoms with Crippen molar-refractivity contribution in [1.29, 1.82) is 0 Å². The molecule has 1 heterocycles. The molecule has 1 N–H and O–H groups in total. The van der Waals surface area contributed by atoms with Crippen LogP contribution in [-0.4, -0.2) is 10.1 Å². The average molecular weight is 373 g/mol. The number of nitrogens with zero attached hydrogens (tertiary/aromatic N) is 1. The molecule has 0 bridgehead atoms. The molecular formula is C13H11Br2NO2. The Kier molecular flexibility index (Phi) is 4.37. The van der Waals surface area contributed by atoms with Crippen LogP contribution in [0.3, 0.4) is 0 Å². The molecule has 0 saturated carbocycles. The maximum absolute atomic E-state index is 9.36. The summed E-state index contributed by atoms with van der Waals surface area (Å²) < 4.78 is 7.52. The zero-order valence-electron chi connectivity index (χ0n) is 9.60. The molecule has 0 spiro atoms. The van der Waals surface area contributed by atoms with Crippen molar-refractivity contribution >= 4 is 31.9 Å². The minimum atomic E-state index is -0.571. The Bertz CT molecular complexity index is 541. The highest BCUT2D eigenvalue weighted by Crippen LogP contribution is 2.31. The van der Waals surface area contributed by atoms with Crippen LogP contribution >= 0.6 is 31.9 Å². The van der Waals surface area contributed by atoms with E-state index >= 15 is 0 Å². The molecule has 5 heteroatoms. The molecular weight excluding hydrogens is 362 g/mol. The fraction of sp³-hybridized carbons (Fsp3) is 0.154. The lowest BCUT2D eigenvalue weighted by Gasteiger charge is -2.09. The molecule has 0 aliphatic carbocycles. The van der Waals surface area contributed by atoms with Crippen LogP contribution in [0.15, 0.2) is 45.5 Å². The van der Waals surface area contributed by atoms with E-state index in [0.29, 0.717) is 17.2 Å². The first-order chi connectivity index (χ1) is 8.56. The van der Waals surface area contributed by atoms with E-state index in [-0.39, 0.29) is 0 Å². The number of halogens is 2. The van der Waals surface area contributed by atoms with Gasteiger partial charge in [-0.1, -0.05) is 15.9 Å². The topological polar surface area (TPSA) is 42.4 Å². The van der Waals surface area contributed by atoms with Gasteiger partial charge in [0, 0.05) is 4.47 Å². The van der Waals surface area contributed by atoms with Crippen molar-refractivity contribution in [2.45, 2.75) is 13.0 Å². The van der Waals surface area contributed by atoms with Gasteiger partial charge in [-0.05, 0) is 53.2 Å². The number of hydrogen-bond acceptors (Lipinski definition) is 3. The Balaban J connectivity index is 2.18. The van der Waals surface area contributed by atoms with E-state index in [2.05, 4.69) is 36.8 Å². The predicted octanol–water partition coefficient (Wildman–Crippen LogP) is 4.45. The first kappa shape index (κ1) is 13.5. The molecule has 94 valence electrons. The minimum Gasteiger partial charge on any atom is -0.455 e. The smallest absolute Gasteiger partial charge is 0.145 e. The highest BCUT2D eigenvalue weighted by molar-refractivity contribution is 9.11. The molecule has 0 amide bonds. The molecule has 0 saturated heterocycles. The first-order valence-corrected chi connectivity index (χ1v) is 6.92. The van der Waals surface area contributed by atoms with Gasteiger partial charge in [0.05, 0.1) is 22.5 Å². The Hall–Kier alpha value is -0.910. The summed E-state index contributed by atoms with van der Waals surface area (Å²) in [6.45, 7) is 1.67. The lowest BCUT2D eigenvalue weighted by molar-refractivity contribution is 0.194. The van der Waals surface area contributed by atoms with Gasteiger partial charge in [0.1, 0.15) is 11.5 Å². The van der Waals surface area contributed by atoms with Crippen LogP contribution in [0.25, 0.3) is 0 Å². The van der Waals surface area contributed by atoms with Gasteiger partial charge in [-0.25, -0.2) is 0 Å². The van der Waals surface area contributed by atoms with Crippen molar-refractivity contribution < 1.29 is 9.84 Å². The zero-order chi connectivity index (χ0) is 13.1. The predicted molar refractivity (Wildman–Crippen MR) is 76.8 cm³/mol. The van der Waals surface area contributed by atoms with E-state index in [1.165, 1.54) is 0 Å². The van der Waals surface area contributed by atoms with Gasteiger partial charge in [-0.15, -0.1) is 0 Å². The van der Waals surface area contributed by atoms with Gasteiger partial charge in [0.15, 0.2) is 0 Å². The van der Waals surface area contributed by atoms with Crippen LogP contribution in [0.5, 0.6) is 11.5 Å². The Morgan fingerprint density at radius 2 is 2.00 bits per heavy atom. The monoisotopic (exact) mass is 371 g/mol. The van der Waals surface area contributed by atoms with E-state index in [0.717, 1.165) is 8.95 Å². The van der Waals surface area contributed by atoms with E-state index < -0.39 is 6.10 Å². The number of aliphatic hydroxyl groups is 1. The fourth-order valence-electron chi connectivity index (χ4n) is 1.38. The second-order valence-electron chi connectivity index (χ2n) is 3.77. The SMILES string of the molecule is C[C@H](O)c1ccc(Oc2ccc(Br)cc2Br)cn1. The Morgan fingerprint density at radius 1 is 1.22 bits per heavy atom. The molecule has 2 rings (SSSR count). The second-order valence-corrected chi connectivity index (χ2v) is 5.54. The summed E-state index contributed by atoms with van der Waals surface area (Å²) in [4.78, 5) is 4.12. The number of aliphatic hydroxyl groups excluding tert-OH is 1. The Labute approximate surface area is 122 Å². The van der Waals surface area contributed by atoms with Crippen LogP contribution in [-0.2, 0) is 0 Å². The van der Waals surface area contributed by atoms with Gasteiger partial charge >= 0.3 is 0 Å². The molecule has 0 aliphatic rings. The third kappa shape index (κ3) is 3.31. The van der Waals surface area contributed by atoms with Crippen LogP contribution in [0.4, 0.5) is 0 Å². The second kappa shape index (κ2) is 5.82. The zero-order valence-corrected chi connectivity index (χ0v) is 12.8. The molecule has 0 unspecified atom stereocenters. The molecule has 3 nitrogen and oxygen atoms in total. The van der Waals surface area contributed by atoms with E-state index in [1.54, 1.807) is 25.3 Å². The number of ether oxygens (including phenoxy) is 1.